The summed E-state index contributed by atoms with van der Waals surface area (Å²) in [7, 11) is 0. The summed E-state index contributed by atoms with van der Waals surface area (Å²) in [5.41, 5.74) is -0.972. The molecule has 1 aliphatic rings. The van der Waals surface area contributed by atoms with Crippen LogP contribution in [0, 0.1) is 17.5 Å². The summed E-state index contributed by atoms with van der Waals surface area (Å²) in [5, 5.41) is 28.0. The first-order valence-corrected chi connectivity index (χ1v) is 12.3. The average Bonchev–Trinajstić information content (AvgIpc) is 3.60. The molecule has 13 heteroatoms. The van der Waals surface area contributed by atoms with Crippen molar-refractivity contribution in [2.45, 2.75) is 31.5 Å². The van der Waals surface area contributed by atoms with Gasteiger partial charge >= 0.3 is 0 Å². The Bertz CT molecular complexity index is 1340. The van der Waals surface area contributed by atoms with E-state index in [4.69, 9.17) is 0 Å². The van der Waals surface area contributed by atoms with Gasteiger partial charge in [-0.25, -0.2) is 27.5 Å². The van der Waals surface area contributed by atoms with E-state index in [1.54, 1.807) is 19.1 Å². The van der Waals surface area contributed by atoms with E-state index in [0.717, 1.165) is 44.0 Å². The molecule has 2 unspecified atom stereocenters. The first kappa shape index (κ1) is 25.8. The van der Waals surface area contributed by atoms with Gasteiger partial charge in [-0.05, 0) is 47.7 Å². The molecule has 1 aliphatic heterocycles. The lowest BCUT2D eigenvalue weighted by atomic mass is 9.86. The van der Waals surface area contributed by atoms with Crippen LogP contribution in [-0.2, 0) is 18.6 Å². The summed E-state index contributed by atoms with van der Waals surface area (Å²) in [6.45, 7) is 5.43. The summed E-state index contributed by atoms with van der Waals surface area (Å²) in [6.07, 6.45) is 3.22. The third-order valence-electron chi connectivity index (χ3n) is 7.10. The van der Waals surface area contributed by atoms with Crippen LogP contribution in [0.3, 0.4) is 0 Å². The van der Waals surface area contributed by atoms with Gasteiger partial charge in [0, 0.05) is 56.5 Å². The van der Waals surface area contributed by atoms with Gasteiger partial charge in [-0.3, -0.25) is 4.90 Å². The van der Waals surface area contributed by atoms with Crippen molar-refractivity contribution >= 4 is 5.69 Å². The van der Waals surface area contributed by atoms with Crippen LogP contribution in [0.2, 0.25) is 0 Å². The molecule has 1 N–H and O–H groups in total. The monoisotopic (exact) mass is 527 g/mol. The molecule has 38 heavy (non-hydrogen) atoms. The van der Waals surface area contributed by atoms with E-state index in [9.17, 15) is 18.3 Å². The molecule has 2 aromatic heterocycles. The van der Waals surface area contributed by atoms with Crippen molar-refractivity contribution in [1.82, 2.24) is 39.9 Å². The van der Waals surface area contributed by atoms with Gasteiger partial charge in [-0.1, -0.05) is 6.07 Å². The number of benzene rings is 2. The van der Waals surface area contributed by atoms with Crippen LogP contribution >= 0.6 is 0 Å². The predicted octanol–water partition coefficient (Wildman–Crippen LogP) is 2.20. The van der Waals surface area contributed by atoms with Crippen molar-refractivity contribution in [3.8, 4) is 0 Å². The Morgan fingerprint density at radius 2 is 1.74 bits per heavy atom. The van der Waals surface area contributed by atoms with Gasteiger partial charge in [0.1, 0.15) is 35.7 Å². The number of nitrogens with zero attached hydrogens (tertiary/aromatic N) is 9. The molecule has 4 aromatic rings. The molecule has 2 atom stereocenters. The normalized spacial score (nSPS) is 16.9. The second-order valence-electron chi connectivity index (χ2n) is 9.41. The number of anilines is 1. The maximum atomic E-state index is 14.9. The standard InChI is InChI=1S/C25H28F3N9O/c1-18(25(38,15-36-17-29-16-30-36)22-7-4-20(27)14-23(22)28)37-24(31-32-33-37)8-9-34-10-12-35(13-11-34)21-5-2-19(26)3-6-21/h2-7,14,16-18,38H,8-13,15H2,1H3. The van der Waals surface area contributed by atoms with E-state index in [2.05, 4.69) is 35.4 Å². The van der Waals surface area contributed by atoms with Gasteiger partial charge in [-0.2, -0.15) is 5.10 Å². The summed E-state index contributed by atoms with van der Waals surface area (Å²) >= 11 is 0. The minimum atomic E-state index is -1.86. The number of hydrogen-bond donors (Lipinski definition) is 1. The number of aliphatic hydroxyl groups is 1. The Morgan fingerprint density at radius 1 is 1.00 bits per heavy atom. The third kappa shape index (κ3) is 5.38. The zero-order chi connectivity index (χ0) is 26.7. The molecule has 0 bridgehead atoms. The van der Waals surface area contributed by atoms with E-state index in [1.165, 1.54) is 40.2 Å². The maximum absolute atomic E-state index is 14.9. The zero-order valence-electron chi connectivity index (χ0n) is 20.8. The number of piperazine rings is 1. The highest BCUT2D eigenvalue weighted by molar-refractivity contribution is 5.46. The van der Waals surface area contributed by atoms with E-state index in [0.29, 0.717) is 18.8 Å². The Labute approximate surface area is 217 Å². The fraction of sp³-hybridized carbons (Fsp3) is 0.400. The van der Waals surface area contributed by atoms with E-state index in [1.807, 2.05) is 0 Å². The lowest BCUT2D eigenvalue weighted by molar-refractivity contribution is -0.0384. The predicted molar refractivity (Wildman–Crippen MR) is 132 cm³/mol. The highest BCUT2D eigenvalue weighted by atomic mass is 19.1. The number of aromatic nitrogens is 7. The van der Waals surface area contributed by atoms with Gasteiger partial charge in [0.25, 0.3) is 0 Å². The Kier molecular flexibility index (Phi) is 7.38. The Morgan fingerprint density at radius 3 is 2.42 bits per heavy atom. The van der Waals surface area contributed by atoms with Gasteiger partial charge < -0.3 is 10.0 Å². The minimum Gasteiger partial charge on any atom is -0.381 e. The molecular weight excluding hydrogens is 499 g/mol. The maximum Gasteiger partial charge on any atom is 0.153 e. The lowest BCUT2D eigenvalue weighted by Crippen LogP contribution is -2.47. The van der Waals surface area contributed by atoms with Crippen LogP contribution in [-0.4, -0.2) is 77.7 Å². The van der Waals surface area contributed by atoms with Crippen molar-refractivity contribution < 1.29 is 18.3 Å². The molecule has 2 aromatic carbocycles. The summed E-state index contributed by atoms with van der Waals surface area (Å²) in [4.78, 5) is 8.39. The molecule has 3 heterocycles. The van der Waals surface area contributed by atoms with Gasteiger partial charge in [0.15, 0.2) is 5.82 Å². The second kappa shape index (κ2) is 10.9. The average molecular weight is 528 g/mol. The number of rotatable bonds is 9. The van der Waals surface area contributed by atoms with E-state index in [-0.39, 0.29) is 17.9 Å². The van der Waals surface area contributed by atoms with Crippen molar-refractivity contribution in [3.63, 3.8) is 0 Å². The first-order chi connectivity index (χ1) is 18.3. The molecule has 1 saturated heterocycles. The van der Waals surface area contributed by atoms with Crippen LogP contribution in [0.1, 0.15) is 24.4 Å². The van der Waals surface area contributed by atoms with Crippen LogP contribution in [0.4, 0.5) is 18.9 Å². The number of hydrogen-bond acceptors (Lipinski definition) is 8. The highest BCUT2D eigenvalue weighted by Gasteiger charge is 2.42. The molecule has 0 amide bonds. The van der Waals surface area contributed by atoms with Crippen LogP contribution in [0.25, 0.3) is 0 Å². The van der Waals surface area contributed by atoms with Crippen molar-refractivity contribution in [2.24, 2.45) is 0 Å². The zero-order valence-corrected chi connectivity index (χ0v) is 20.8. The van der Waals surface area contributed by atoms with Crippen molar-refractivity contribution in [3.05, 3.63) is 84.0 Å². The molecule has 0 radical (unpaired) electrons. The Balaban J connectivity index is 1.29. The molecule has 200 valence electrons. The van der Waals surface area contributed by atoms with Gasteiger partial charge in [-0.15, -0.1) is 5.10 Å². The van der Waals surface area contributed by atoms with Crippen LogP contribution < -0.4 is 4.90 Å². The molecule has 0 saturated carbocycles. The van der Waals surface area contributed by atoms with Crippen LogP contribution in [0.5, 0.6) is 0 Å². The summed E-state index contributed by atoms with van der Waals surface area (Å²) in [6, 6.07) is 8.73. The lowest BCUT2D eigenvalue weighted by Gasteiger charge is -2.36. The van der Waals surface area contributed by atoms with Crippen molar-refractivity contribution in [1.29, 1.82) is 0 Å². The Hall–Kier alpha value is -3.84. The first-order valence-electron chi connectivity index (χ1n) is 12.3. The highest BCUT2D eigenvalue weighted by Crippen LogP contribution is 2.36. The molecule has 5 rings (SSSR count). The SMILES string of the molecule is CC(n1nnnc1CCN1CCN(c2ccc(F)cc2)CC1)C(O)(Cn1cncn1)c1ccc(F)cc1F. The van der Waals surface area contributed by atoms with E-state index < -0.39 is 23.3 Å². The minimum absolute atomic E-state index is 0.0970. The number of tetrazole rings is 1. The fourth-order valence-electron chi connectivity index (χ4n) is 4.86. The van der Waals surface area contributed by atoms with E-state index >= 15 is 0 Å². The molecule has 0 spiro atoms. The summed E-state index contributed by atoms with van der Waals surface area (Å²) < 4.78 is 44.7. The third-order valence-corrected chi connectivity index (χ3v) is 7.10. The second-order valence-corrected chi connectivity index (χ2v) is 9.41. The summed E-state index contributed by atoms with van der Waals surface area (Å²) in [5.74, 6) is -1.36. The number of halogens is 3. The quantitative estimate of drug-likeness (QED) is 0.354. The van der Waals surface area contributed by atoms with Gasteiger partial charge in [0.05, 0.1) is 12.6 Å². The largest absolute Gasteiger partial charge is 0.381 e. The smallest absolute Gasteiger partial charge is 0.153 e. The fourth-order valence-corrected chi connectivity index (χ4v) is 4.86. The molecule has 0 aliphatic carbocycles. The van der Waals surface area contributed by atoms with Crippen LogP contribution in [0.15, 0.2) is 55.1 Å². The molecule has 1 fully saturated rings. The molecule has 10 nitrogen and oxygen atoms in total. The van der Waals surface area contributed by atoms with Gasteiger partial charge in [0.2, 0.25) is 0 Å². The molecular formula is C25H28F3N9O. The van der Waals surface area contributed by atoms with Crippen molar-refractivity contribution in [2.75, 3.05) is 37.6 Å². The topological polar surface area (TPSA) is 101 Å².